The van der Waals surface area contributed by atoms with E-state index in [4.69, 9.17) is 14.2 Å². The van der Waals surface area contributed by atoms with Crippen LogP contribution in [0.1, 0.15) is 239 Å². The Morgan fingerprint density at radius 2 is 0.580 bits per heavy atom. The standard InChI is InChI=1S/C63H102O6/c1-4-7-10-13-16-19-21-23-25-26-27-28-29-30-31-32-33-34-35-36-37-38-39-41-42-44-47-50-53-56-62(65)68-59-60(58-67-61(64)55-52-49-46-18-15-12-9-6-3)69-63(66)57-54-51-48-45-43-40-24-22-20-17-14-11-8-5-2/h7,10,14,16-17,19,22-25,27-28,30-31,33-34,36-37,39,41,60H,4-6,8-9,11-13,15,18,20-21,26,29,32,35,38,40,42-59H2,1-3H3/b10-7-,17-14-,19-16-,24-22-,25-23-,28-27-,31-30-,34-33-,37-36-,41-39-. The van der Waals surface area contributed by atoms with E-state index in [-0.39, 0.29) is 31.1 Å². The summed E-state index contributed by atoms with van der Waals surface area (Å²) in [5.41, 5.74) is 0. The van der Waals surface area contributed by atoms with E-state index in [9.17, 15) is 14.4 Å². The molecule has 0 aliphatic carbocycles. The second-order valence-corrected chi connectivity index (χ2v) is 18.1. The zero-order valence-corrected chi connectivity index (χ0v) is 44.5. The minimum atomic E-state index is -0.796. The number of hydrogen-bond donors (Lipinski definition) is 0. The summed E-state index contributed by atoms with van der Waals surface area (Å²) < 4.78 is 16.7. The van der Waals surface area contributed by atoms with Crippen molar-refractivity contribution in [1.29, 1.82) is 0 Å². The van der Waals surface area contributed by atoms with Crippen LogP contribution < -0.4 is 0 Å². The number of rotatable bonds is 49. The number of unbranched alkanes of at least 4 members (excludes halogenated alkanes) is 18. The van der Waals surface area contributed by atoms with Crippen LogP contribution in [0, 0.1) is 0 Å². The maximum atomic E-state index is 12.8. The van der Waals surface area contributed by atoms with Crippen LogP contribution in [0.4, 0.5) is 0 Å². The van der Waals surface area contributed by atoms with Gasteiger partial charge in [-0.1, -0.05) is 232 Å². The van der Waals surface area contributed by atoms with Crippen LogP contribution in [0.3, 0.4) is 0 Å². The van der Waals surface area contributed by atoms with Crippen molar-refractivity contribution in [3.63, 3.8) is 0 Å². The van der Waals surface area contributed by atoms with Crippen LogP contribution in [-0.4, -0.2) is 37.2 Å². The van der Waals surface area contributed by atoms with Crippen molar-refractivity contribution in [1.82, 2.24) is 0 Å². The molecule has 6 heteroatoms. The summed E-state index contributed by atoms with van der Waals surface area (Å²) in [5.74, 6) is -0.943. The van der Waals surface area contributed by atoms with Crippen molar-refractivity contribution in [2.24, 2.45) is 0 Å². The highest BCUT2D eigenvalue weighted by Gasteiger charge is 2.19. The fourth-order valence-electron chi connectivity index (χ4n) is 7.24. The summed E-state index contributed by atoms with van der Waals surface area (Å²) in [4.78, 5) is 37.9. The Morgan fingerprint density at radius 1 is 0.304 bits per heavy atom. The van der Waals surface area contributed by atoms with E-state index in [0.29, 0.717) is 19.3 Å². The van der Waals surface area contributed by atoms with Crippen LogP contribution in [0.2, 0.25) is 0 Å². The minimum absolute atomic E-state index is 0.0935. The zero-order chi connectivity index (χ0) is 50.0. The fraction of sp³-hybridized carbons (Fsp3) is 0.635. The summed E-state index contributed by atoms with van der Waals surface area (Å²) in [7, 11) is 0. The lowest BCUT2D eigenvalue weighted by Crippen LogP contribution is -2.30. The number of ether oxygens (including phenoxy) is 3. The van der Waals surface area contributed by atoms with Gasteiger partial charge in [-0.2, -0.15) is 0 Å². The van der Waals surface area contributed by atoms with E-state index in [1.807, 2.05) is 0 Å². The lowest BCUT2D eigenvalue weighted by Gasteiger charge is -2.18. The highest BCUT2D eigenvalue weighted by Crippen LogP contribution is 2.13. The molecule has 0 N–H and O–H groups in total. The van der Waals surface area contributed by atoms with E-state index in [2.05, 4.69) is 142 Å². The first kappa shape index (κ1) is 64.8. The summed E-state index contributed by atoms with van der Waals surface area (Å²) in [5, 5.41) is 0. The van der Waals surface area contributed by atoms with Crippen LogP contribution in [0.25, 0.3) is 0 Å². The fourth-order valence-corrected chi connectivity index (χ4v) is 7.24. The molecule has 0 spiro atoms. The third kappa shape index (κ3) is 54.6. The molecule has 69 heavy (non-hydrogen) atoms. The van der Waals surface area contributed by atoms with Gasteiger partial charge in [-0.15, -0.1) is 0 Å². The van der Waals surface area contributed by atoms with Gasteiger partial charge in [0.05, 0.1) is 0 Å². The molecular formula is C63H102O6. The van der Waals surface area contributed by atoms with Gasteiger partial charge in [0.25, 0.3) is 0 Å². The zero-order valence-electron chi connectivity index (χ0n) is 44.5. The smallest absolute Gasteiger partial charge is 0.306 e. The van der Waals surface area contributed by atoms with Gasteiger partial charge in [-0.05, 0) is 109 Å². The maximum absolute atomic E-state index is 12.8. The largest absolute Gasteiger partial charge is 0.462 e. The average Bonchev–Trinajstić information content (AvgIpc) is 3.35. The summed E-state index contributed by atoms with van der Waals surface area (Å²) in [6.45, 7) is 6.41. The van der Waals surface area contributed by atoms with Crippen molar-refractivity contribution in [3.8, 4) is 0 Å². The van der Waals surface area contributed by atoms with E-state index < -0.39 is 6.10 Å². The number of allylic oxidation sites excluding steroid dienone is 20. The van der Waals surface area contributed by atoms with Gasteiger partial charge in [0.2, 0.25) is 0 Å². The van der Waals surface area contributed by atoms with Gasteiger partial charge >= 0.3 is 17.9 Å². The highest BCUT2D eigenvalue weighted by molar-refractivity contribution is 5.71. The van der Waals surface area contributed by atoms with Gasteiger partial charge in [0.15, 0.2) is 6.10 Å². The molecule has 0 aromatic rings. The topological polar surface area (TPSA) is 78.9 Å². The molecule has 1 atom stereocenters. The second kappa shape index (κ2) is 56.4. The second-order valence-electron chi connectivity index (χ2n) is 18.1. The van der Waals surface area contributed by atoms with Crippen molar-refractivity contribution >= 4 is 17.9 Å². The molecular weight excluding hydrogens is 853 g/mol. The molecule has 0 amide bonds. The normalized spacial score (nSPS) is 13.0. The van der Waals surface area contributed by atoms with Gasteiger partial charge < -0.3 is 14.2 Å². The van der Waals surface area contributed by atoms with E-state index in [1.54, 1.807) is 0 Å². The average molecular weight is 956 g/mol. The number of hydrogen-bond acceptors (Lipinski definition) is 6. The lowest BCUT2D eigenvalue weighted by atomic mass is 10.1. The van der Waals surface area contributed by atoms with Crippen LogP contribution in [0.5, 0.6) is 0 Å². The third-order valence-corrected chi connectivity index (χ3v) is 11.5. The van der Waals surface area contributed by atoms with Gasteiger partial charge in [0, 0.05) is 19.3 Å². The van der Waals surface area contributed by atoms with Crippen molar-refractivity contribution in [2.75, 3.05) is 13.2 Å². The number of carbonyl (C=O) groups is 3. The molecule has 0 heterocycles. The third-order valence-electron chi connectivity index (χ3n) is 11.5. The van der Waals surface area contributed by atoms with Crippen LogP contribution in [0.15, 0.2) is 122 Å². The predicted molar refractivity (Wildman–Crippen MR) is 297 cm³/mol. The molecule has 6 nitrogen and oxygen atoms in total. The lowest BCUT2D eigenvalue weighted by molar-refractivity contribution is -0.167. The first-order valence-electron chi connectivity index (χ1n) is 28.0. The quantitative estimate of drug-likeness (QED) is 0.0262. The molecule has 0 aromatic carbocycles. The Kier molecular flexibility index (Phi) is 53.0. The molecule has 0 saturated carbocycles. The van der Waals surface area contributed by atoms with E-state index in [0.717, 1.165) is 148 Å². The summed E-state index contributed by atoms with van der Waals surface area (Å²) >= 11 is 0. The van der Waals surface area contributed by atoms with Gasteiger partial charge in [0.1, 0.15) is 13.2 Å². The molecule has 0 aromatic heterocycles. The van der Waals surface area contributed by atoms with Crippen molar-refractivity contribution < 1.29 is 28.6 Å². The van der Waals surface area contributed by atoms with Gasteiger partial charge in [-0.25, -0.2) is 0 Å². The molecule has 1 unspecified atom stereocenters. The molecule has 0 aliphatic heterocycles. The summed E-state index contributed by atoms with van der Waals surface area (Å²) in [6, 6.07) is 0. The Balaban J connectivity index is 4.29. The van der Waals surface area contributed by atoms with Crippen molar-refractivity contribution in [3.05, 3.63) is 122 Å². The molecule has 0 radical (unpaired) electrons. The Bertz CT molecular complexity index is 1470. The minimum Gasteiger partial charge on any atom is -0.462 e. The van der Waals surface area contributed by atoms with Crippen LogP contribution >= 0.6 is 0 Å². The monoisotopic (exact) mass is 955 g/mol. The maximum Gasteiger partial charge on any atom is 0.306 e. The first-order valence-corrected chi connectivity index (χ1v) is 28.0. The Labute approximate surface area is 424 Å². The van der Waals surface area contributed by atoms with Crippen LogP contribution in [-0.2, 0) is 28.6 Å². The first-order chi connectivity index (χ1) is 34.0. The molecule has 0 bridgehead atoms. The van der Waals surface area contributed by atoms with E-state index in [1.165, 1.54) is 51.4 Å². The molecule has 390 valence electrons. The van der Waals surface area contributed by atoms with Gasteiger partial charge in [-0.3, -0.25) is 14.4 Å². The number of esters is 3. The molecule has 0 saturated heterocycles. The Hall–Kier alpha value is -4.19. The molecule has 0 aliphatic rings. The molecule has 0 rings (SSSR count). The number of carbonyl (C=O) groups excluding carboxylic acids is 3. The Morgan fingerprint density at radius 3 is 0.928 bits per heavy atom. The summed E-state index contributed by atoms with van der Waals surface area (Å²) in [6.07, 6.45) is 77.7. The predicted octanol–water partition coefficient (Wildman–Crippen LogP) is 18.9. The van der Waals surface area contributed by atoms with Crippen molar-refractivity contribution in [2.45, 2.75) is 245 Å². The highest BCUT2D eigenvalue weighted by atomic mass is 16.6. The van der Waals surface area contributed by atoms with E-state index >= 15 is 0 Å². The molecule has 0 fully saturated rings. The SMILES string of the molecule is CC/C=C\C/C=C\C/C=C\C/C=C\C/C=C\C/C=C\C/C=C\C/C=C\CCCCCCC(=O)OCC(COC(=O)CCCCCCCCCC)OC(=O)CCCCCCC/C=C\C/C=C\CCCC.